The molecule has 1 unspecified atom stereocenters. The summed E-state index contributed by atoms with van der Waals surface area (Å²) in [5, 5.41) is 22.3. The smallest absolute Gasteiger partial charge is 0.312 e. The molecule has 0 amide bonds. The van der Waals surface area contributed by atoms with Crippen LogP contribution < -0.4 is 0 Å². The van der Waals surface area contributed by atoms with Crippen molar-refractivity contribution >= 4 is 5.97 Å². The van der Waals surface area contributed by atoms with Crippen molar-refractivity contribution < 1.29 is 19.7 Å². The Labute approximate surface area is 144 Å². The number of carbonyl (C=O) groups is 1. The first-order valence-electron chi connectivity index (χ1n) is 9.75. The lowest BCUT2D eigenvalue weighted by atomic mass is 9.39. The van der Waals surface area contributed by atoms with E-state index in [9.17, 15) is 15.0 Å². The Morgan fingerprint density at radius 1 is 1.17 bits per heavy atom. The molecule has 5 fully saturated rings. The Balaban J connectivity index is 1.71. The fourth-order valence-electron chi connectivity index (χ4n) is 8.22. The average molecular weight is 334 g/mol. The Hall–Kier alpha value is -0.610. The van der Waals surface area contributed by atoms with E-state index in [1.807, 2.05) is 6.92 Å². The minimum atomic E-state index is -0.706. The van der Waals surface area contributed by atoms with Crippen LogP contribution in [0.1, 0.15) is 72.1 Å². The molecule has 0 aromatic carbocycles. The third-order valence-electron chi connectivity index (χ3n) is 9.60. The van der Waals surface area contributed by atoms with Crippen molar-refractivity contribution in [1.82, 2.24) is 0 Å². The van der Waals surface area contributed by atoms with E-state index in [-0.39, 0.29) is 28.6 Å². The molecule has 4 saturated carbocycles. The highest BCUT2D eigenvalue weighted by molar-refractivity contribution is 5.81. The molecule has 4 heteroatoms. The second-order valence-electron chi connectivity index (χ2n) is 10.3. The van der Waals surface area contributed by atoms with Crippen LogP contribution in [0.5, 0.6) is 0 Å². The van der Waals surface area contributed by atoms with Crippen LogP contribution in [0.25, 0.3) is 0 Å². The molecular weight excluding hydrogens is 304 g/mol. The summed E-state index contributed by atoms with van der Waals surface area (Å²) in [7, 11) is 0. The van der Waals surface area contributed by atoms with Gasteiger partial charge in [0.25, 0.3) is 0 Å². The molecule has 0 aromatic rings. The van der Waals surface area contributed by atoms with Gasteiger partial charge < -0.3 is 14.9 Å². The minimum Gasteiger partial charge on any atom is -0.458 e. The first-order valence-corrected chi connectivity index (χ1v) is 9.75. The van der Waals surface area contributed by atoms with Crippen molar-refractivity contribution in [2.75, 3.05) is 0 Å². The van der Waals surface area contributed by atoms with Crippen molar-refractivity contribution in [1.29, 1.82) is 0 Å². The molecule has 4 aliphatic carbocycles. The zero-order valence-corrected chi connectivity index (χ0v) is 15.1. The van der Waals surface area contributed by atoms with Crippen molar-refractivity contribution in [3.63, 3.8) is 0 Å². The van der Waals surface area contributed by atoms with E-state index in [1.165, 1.54) is 0 Å². The van der Waals surface area contributed by atoms with Gasteiger partial charge in [-0.2, -0.15) is 0 Å². The van der Waals surface area contributed by atoms with Gasteiger partial charge in [0.2, 0.25) is 0 Å². The molecule has 4 bridgehead atoms. The van der Waals surface area contributed by atoms with Gasteiger partial charge in [0.05, 0.1) is 17.1 Å². The van der Waals surface area contributed by atoms with Crippen LogP contribution in [0.3, 0.4) is 0 Å². The number of hydrogen-bond donors (Lipinski definition) is 2. The highest BCUT2D eigenvalue weighted by atomic mass is 16.6. The van der Waals surface area contributed by atoms with Crippen LogP contribution >= 0.6 is 0 Å². The van der Waals surface area contributed by atoms with Crippen molar-refractivity contribution in [3.05, 3.63) is 0 Å². The summed E-state index contributed by atoms with van der Waals surface area (Å²) in [6.45, 7) is 6.27. The van der Waals surface area contributed by atoms with Crippen LogP contribution in [0.2, 0.25) is 0 Å². The zero-order chi connectivity index (χ0) is 17.2. The molecule has 8 atom stereocenters. The van der Waals surface area contributed by atoms with E-state index < -0.39 is 22.7 Å². The summed E-state index contributed by atoms with van der Waals surface area (Å²) in [6, 6.07) is 0. The quantitative estimate of drug-likeness (QED) is 0.669. The average Bonchev–Trinajstić information content (AvgIpc) is 2.79. The molecule has 1 aliphatic heterocycles. The normalized spacial score (nSPS) is 64.4. The Morgan fingerprint density at radius 2 is 1.92 bits per heavy atom. The minimum absolute atomic E-state index is 0.0395. The summed E-state index contributed by atoms with van der Waals surface area (Å²) in [4.78, 5) is 12.8. The summed E-state index contributed by atoms with van der Waals surface area (Å²) in [5.41, 5.74) is -2.10. The van der Waals surface area contributed by atoms with E-state index in [2.05, 4.69) is 13.8 Å². The van der Waals surface area contributed by atoms with E-state index in [1.54, 1.807) is 0 Å². The fourth-order valence-corrected chi connectivity index (χ4v) is 8.22. The third kappa shape index (κ3) is 1.34. The zero-order valence-electron chi connectivity index (χ0n) is 15.1. The molecule has 134 valence electrons. The molecular formula is C20H30O4. The van der Waals surface area contributed by atoms with Gasteiger partial charge in [0.15, 0.2) is 0 Å². The van der Waals surface area contributed by atoms with Gasteiger partial charge in [0, 0.05) is 16.7 Å². The maximum atomic E-state index is 12.8. The number of carbonyl (C=O) groups excluding carboxylic acids is 1. The molecule has 2 N–H and O–H groups in total. The fraction of sp³-hybridized carbons (Fsp3) is 0.950. The van der Waals surface area contributed by atoms with Gasteiger partial charge in [-0.05, 0) is 71.1 Å². The monoisotopic (exact) mass is 334 g/mol. The number of aliphatic hydroxyl groups excluding tert-OH is 1. The van der Waals surface area contributed by atoms with E-state index >= 15 is 0 Å². The standard InChI is InChI=1S/C20H30O4/c1-16-6-4-7-20(24-15(16)22)13(16)9-14(21)19-10-12(17(2,23)11-19)5-8-18(19,20)3/h12-14,21,23H,4-11H2,1-3H3/t12?,13-,14-,16-,17-,18+,19+,20+/m1/s1. The lowest BCUT2D eigenvalue weighted by molar-refractivity contribution is -0.258. The Morgan fingerprint density at radius 3 is 2.67 bits per heavy atom. The predicted octanol–water partition coefficient (Wildman–Crippen LogP) is 2.80. The van der Waals surface area contributed by atoms with E-state index in [4.69, 9.17) is 4.74 Å². The second-order valence-corrected chi connectivity index (χ2v) is 10.3. The molecule has 5 rings (SSSR count). The topological polar surface area (TPSA) is 66.8 Å². The largest absolute Gasteiger partial charge is 0.458 e. The highest BCUT2D eigenvalue weighted by Crippen LogP contribution is 2.78. The number of rotatable bonds is 0. The van der Waals surface area contributed by atoms with Gasteiger partial charge in [-0.15, -0.1) is 0 Å². The lowest BCUT2D eigenvalue weighted by Gasteiger charge is -2.66. The number of fused-ring (bicyclic) bond motifs is 1. The predicted molar refractivity (Wildman–Crippen MR) is 88.0 cm³/mol. The molecule has 1 heterocycles. The maximum Gasteiger partial charge on any atom is 0.312 e. The number of esters is 1. The Kier molecular flexibility index (Phi) is 2.63. The van der Waals surface area contributed by atoms with Gasteiger partial charge in [-0.1, -0.05) is 6.92 Å². The molecule has 0 aromatic heterocycles. The SMILES string of the molecule is C[C@]12CCC3C[C@]1(C[C@@]3(C)O)[C@H](O)C[C@@H]1[C@@]3(C)CCC[C@]12OC3=O. The summed E-state index contributed by atoms with van der Waals surface area (Å²) >= 11 is 0. The summed E-state index contributed by atoms with van der Waals surface area (Å²) < 4.78 is 6.28. The van der Waals surface area contributed by atoms with Crippen LogP contribution in [0, 0.1) is 28.1 Å². The van der Waals surface area contributed by atoms with Crippen LogP contribution in [0.15, 0.2) is 0 Å². The van der Waals surface area contributed by atoms with Crippen molar-refractivity contribution in [2.24, 2.45) is 28.1 Å². The number of ether oxygens (including phenoxy) is 1. The van der Waals surface area contributed by atoms with Crippen LogP contribution in [-0.2, 0) is 9.53 Å². The van der Waals surface area contributed by atoms with Crippen LogP contribution in [-0.4, -0.2) is 33.5 Å². The summed E-state index contributed by atoms with van der Waals surface area (Å²) in [6.07, 6.45) is 6.49. The molecule has 0 radical (unpaired) electrons. The van der Waals surface area contributed by atoms with E-state index in [0.717, 1.165) is 38.5 Å². The van der Waals surface area contributed by atoms with Gasteiger partial charge in [-0.25, -0.2) is 0 Å². The highest BCUT2D eigenvalue weighted by Gasteiger charge is 2.81. The van der Waals surface area contributed by atoms with Gasteiger partial charge >= 0.3 is 5.97 Å². The number of aliphatic hydroxyl groups is 2. The first-order chi connectivity index (χ1) is 11.1. The lowest BCUT2D eigenvalue weighted by Crippen LogP contribution is -2.69. The molecule has 24 heavy (non-hydrogen) atoms. The summed E-state index contributed by atoms with van der Waals surface area (Å²) in [5.74, 6) is 0.349. The Bertz CT molecular complexity index is 629. The second kappa shape index (κ2) is 4.03. The van der Waals surface area contributed by atoms with Crippen molar-refractivity contribution in [2.45, 2.75) is 89.4 Å². The third-order valence-corrected chi connectivity index (χ3v) is 9.60. The van der Waals surface area contributed by atoms with Gasteiger partial charge in [0.1, 0.15) is 5.60 Å². The molecule has 1 spiro atoms. The van der Waals surface area contributed by atoms with Gasteiger partial charge in [-0.3, -0.25) is 4.79 Å². The van der Waals surface area contributed by atoms with Crippen molar-refractivity contribution in [3.8, 4) is 0 Å². The number of hydrogen-bond acceptors (Lipinski definition) is 4. The maximum absolute atomic E-state index is 12.8. The van der Waals surface area contributed by atoms with E-state index in [0.29, 0.717) is 12.8 Å². The van der Waals surface area contributed by atoms with Crippen LogP contribution in [0.4, 0.5) is 0 Å². The molecule has 4 nitrogen and oxygen atoms in total. The molecule has 5 aliphatic rings. The first kappa shape index (κ1) is 15.6. The molecule has 1 saturated heterocycles.